The zero-order valence-corrected chi connectivity index (χ0v) is 21.5. The van der Waals surface area contributed by atoms with Crippen molar-refractivity contribution in [1.82, 2.24) is 4.98 Å². The SMILES string of the molecule is N#Cc1c(-c2ccccc2)cc(-c2ccccc2)nc1SC[C@H](O)COc1ccccc1-c1ccccc1. The number of aliphatic hydroxyl groups is 1. The normalized spacial score (nSPS) is 11.5. The third kappa shape index (κ3) is 5.95. The summed E-state index contributed by atoms with van der Waals surface area (Å²) < 4.78 is 6.04. The highest BCUT2D eigenvalue weighted by Gasteiger charge is 2.18. The van der Waals surface area contributed by atoms with Gasteiger partial charge in [0, 0.05) is 22.4 Å². The van der Waals surface area contributed by atoms with Crippen LogP contribution in [0.1, 0.15) is 5.56 Å². The van der Waals surface area contributed by atoms with E-state index in [0.29, 0.717) is 16.3 Å². The molecule has 4 nitrogen and oxygen atoms in total. The number of pyridine rings is 1. The van der Waals surface area contributed by atoms with Gasteiger partial charge in [-0.05, 0) is 23.3 Å². The fraction of sp³-hybridized carbons (Fsp3) is 0.0909. The number of ether oxygens (including phenoxy) is 1. The quantitative estimate of drug-likeness (QED) is 0.207. The number of hydrogen-bond acceptors (Lipinski definition) is 5. The Kier molecular flexibility index (Phi) is 8.15. The Morgan fingerprint density at radius 2 is 1.29 bits per heavy atom. The number of hydrogen-bond donors (Lipinski definition) is 1. The molecule has 1 heterocycles. The van der Waals surface area contributed by atoms with Crippen LogP contribution in [0.5, 0.6) is 5.75 Å². The standard InChI is InChI=1S/C33H26N2O2S/c34-21-30-29(25-14-6-2-7-15-25)20-31(26-16-8-3-9-17-26)35-33(30)38-23-27(36)22-37-32-19-11-10-18-28(32)24-12-4-1-5-13-24/h1-20,27,36H,22-23H2/t27-/m1/s1. The van der Waals surface area contributed by atoms with Gasteiger partial charge in [-0.3, -0.25) is 0 Å². The predicted molar refractivity (Wildman–Crippen MR) is 154 cm³/mol. The molecule has 186 valence electrons. The summed E-state index contributed by atoms with van der Waals surface area (Å²) in [5.41, 5.74) is 6.07. The molecule has 38 heavy (non-hydrogen) atoms. The average molecular weight is 515 g/mol. The fourth-order valence-corrected chi connectivity index (χ4v) is 5.10. The van der Waals surface area contributed by atoms with Gasteiger partial charge in [0.05, 0.1) is 17.4 Å². The van der Waals surface area contributed by atoms with E-state index in [9.17, 15) is 10.4 Å². The van der Waals surface area contributed by atoms with E-state index in [-0.39, 0.29) is 6.61 Å². The minimum absolute atomic E-state index is 0.128. The van der Waals surface area contributed by atoms with E-state index in [1.54, 1.807) is 0 Å². The van der Waals surface area contributed by atoms with Crippen LogP contribution in [0.15, 0.2) is 126 Å². The van der Waals surface area contributed by atoms with Gasteiger partial charge >= 0.3 is 0 Å². The summed E-state index contributed by atoms with van der Waals surface area (Å²) in [6.07, 6.45) is -0.752. The molecular weight excluding hydrogens is 488 g/mol. The van der Waals surface area contributed by atoms with E-state index < -0.39 is 6.10 Å². The molecule has 1 aromatic heterocycles. The monoisotopic (exact) mass is 514 g/mol. The second-order valence-corrected chi connectivity index (χ2v) is 9.73. The van der Waals surface area contributed by atoms with Crippen molar-refractivity contribution in [3.05, 3.63) is 127 Å². The number of thioether (sulfide) groups is 1. The van der Waals surface area contributed by atoms with E-state index >= 15 is 0 Å². The van der Waals surface area contributed by atoms with Gasteiger partial charge < -0.3 is 9.84 Å². The number of aromatic nitrogens is 1. The molecular formula is C33H26N2O2S. The van der Waals surface area contributed by atoms with Crippen molar-refractivity contribution >= 4 is 11.8 Å². The van der Waals surface area contributed by atoms with E-state index in [4.69, 9.17) is 9.72 Å². The van der Waals surface area contributed by atoms with Crippen molar-refractivity contribution < 1.29 is 9.84 Å². The summed E-state index contributed by atoms with van der Waals surface area (Å²) in [4.78, 5) is 4.83. The summed E-state index contributed by atoms with van der Waals surface area (Å²) in [6.45, 7) is 0.128. The van der Waals surface area contributed by atoms with Gasteiger partial charge in [-0.2, -0.15) is 5.26 Å². The van der Waals surface area contributed by atoms with Crippen LogP contribution in [0.4, 0.5) is 0 Å². The van der Waals surface area contributed by atoms with Crippen LogP contribution in [0.25, 0.3) is 33.5 Å². The van der Waals surface area contributed by atoms with Gasteiger partial charge in [-0.25, -0.2) is 4.98 Å². The lowest BCUT2D eigenvalue weighted by Crippen LogP contribution is -2.20. The lowest BCUT2D eigenvalue weighted by Gasteiger charge is -2.16. The highest BCUT2D eigenvalue weighted by Crippen LogP contribution is 2.35. The zero-order chi connectivity index (χ0) is 26.2. The molecule has 5 aromatic rings. The molecule has 0 saturated heterocycles. The molecule has 0 amide bonds. The predicted octanol–water partition coefficient (Wildman–Crippen LogP) is 7.49. The lowest BCUT2D eigenvalue weighted by atomic mass is 9.99. The first-order chi connectivity index (χ1) is 18.7. The van der Waals surface area contributed by atoms with Gasteiger partial charge in [0.2, 0.25) is 0 Å². The summed E-state index contributed by atoms with van der Waals surface area (Å²) in [5.74, 6) is 1.05. The molecule has 0 bridgehead atoms. The second kappa shape index (κ2) is 12.2. The van der Waals surface area contributed by atoms with Crippen LogP contribution in [0.2, 0.25) is 0 Å². The minimum atomic E-state index is -0.752. The summed E-state index contributed by atoms with van der Waals surface area (Å²) >= 11 is 1.37. The van der Waals surface area contributed by atoms with Gasteiger partial charge in [0.1, 0.15) is 23.5 Å². The number of nitrogens with zero attached hydrogens (tertiary/aromatic N) is 2. The molecule has 0 radical (unpaired) electrons. The van der Waals surface area contributed by atoms with Gasteiger partial charge in [0.15, 0.2) is 0 Å². The first-order valence-electron chi connectivity index (χ1n) is 12.4. The number of para-hydroxylation sites is 1. The molecule has 0 spiro atoms. The molecule has 4 aromatic carbocycles. The van der Waals surface area contributed by atoms with Crippen LogP contribution >= 0.6 is 11.8 Å². The first-order valence-corrected chi connectivity index (χ1v) is 13.4. The van der Waals surface area contributed by atoms with Gasteiger partial charge in [0.25, 0.3) is 0 Å². The highest BCUT2D eigenvalue weighted by atomic mass is 32.2. The van der Waals surface area contributed by atoms with Gasteiger partial charge in [-0.15, -0.1) is 11.8 Å². The molecule has 0 aliphatic carbocycles. The lowest BCUT2D eigenvalue weighted by molar-refractivity contribution is 0.126. The molecule has 5 rings (SSSR count). The van der Waals surface area contributed by atoms with Crippen molar-refractivity contribution in [2.45, 2.75) is 11.1 Å². The first kappa shape index (κ1) is 25.3. The summed E-state index contributed by atoms with van der Waals surface area (Å²) in [7, 11) is 0. The molecule has 0 fully saturated rings. The molecule has 0 aliphatic heterocycles. The summed E-state index contributed by atoms with van der Waals surface area (Å²) in [6, 6.07) is 41.9. The maximum absolute atomic E-state index is 10.8. The van der Waals surface area contributed by atoms with E-state index in [0.717, 1.165) is 39.3 Å². The second-order valence-electron chi connectivity index (χ2n) is 8.72. The maximum Gasteiger partial charge on any atom is 0.127 e. The molecule has 5 heteroatoms. The topological polar surface area (TPSA) is 66.1 Å². The molecule has 1 atom stereocenters. The van der Waals surface area contributed by atoms with Crippen molar-refractivity contribution in [2.75, 3.05) is 12.4 Å². The Hall–Kier alpha value is -4.37. The highest BCUT2D eigenvalue weighted by molar-refractivity contribution is 7.99. The van der Waals surface area contributed by atoms with Crippen LogP contribution < -0.4 is 4.74 Å². The molecule has 0 unspecified atom stereocenters. The third-order valence-corrected chi connectivity index (χ3v) is 7.19. The van der Waals surface area contributed by atoms with Crippen LogP contribution in [-0.4, -0.2) is 28.6 Å². The Balaban J connectivity index is 1.36. The number of rotatable bonds is 9. The fourth-order valence-electron chi connectivity index (χ4n) is 4.19. The number of aliphatic hydroxyl groups excluding tert-OH is 1. The number of benzene rings is 4. The Morgan fingerprint density at radius 3 is 1.92 bits per heavy atom. The minimum Gasteiger partial charge on any atom is -0.490 e. The van der Waals surface area contributed by atoms with E-state index in [1.807, 2.05) is 121 Å². The van der Waals surface area contributed by atoms with E-state index in [1.165, 1.54) is 11.8 Å². The zero-order valence-electron chi connectivity index (χ0n) is 20.7. The van der Waals surface area contributed by atoms with Crippen LogP contribution in [0.3, 0.4) is 0 Å². The van der Waals surface area contributed by atoms with Crippen molar-refractivity contribution in [3.8, 4) is 45.3 Å². The smallest absolute Gasteiger partial charge is 0.127 e. The third-order valence-electron chi connectivity index (χ3n) is 6.07. The Labute approximate surface area is 227 Å². The molecule has 1 N–H and O–H groups in total. The van der Waals surface area contributed by atoms with Crippen LogP contribution in [0, 0.1) is 11.3 Å². The van der Waals surface area contributed by atoms with Gasteiger partial charge in [-0.1, -0.05) is 109 Å². The van der Waals surface area contributed by atoms with Crippen molar-refractivity contribution in [2.24, 2.45) is 0 Å². The average Bonchev–Trinajstić information content (AvgIpc) is 3.00. The van der Waals surface area contributed by atoms with Crippen LogP contribution in [-0.2, 0) is 0 Å². The summed E-state index contributed by atoms with van der Waals surface area (Å²) in [5, 5.41) is 21.5. The van der Waals surface area contributed by atoms with Crippen molar-refractivity contribution in [3.63, 3.8) is 0 Å². The Bertz CT molecular complexity index is 1530. The Morgan fingerprint density at radius 1 is 0.737 bits per heavy atom. The largest absolute Gasteiger partial charge is 0.490 e. The molecule has 0 saturated carbocycles. The number of nitriles is 1. The van der Waals surface area contributed by atoms with Crippen molar-refractivity contribution in [1.29, 1.82) is 5.26 Å². The van der Waals surface area contributed by atoms with E-state index in [2.05, 4.69) is 6.07 Å². The maximum atomic E-state index is 10.8. The molecule has 0 aliphatic rings.